The van der Waals surface area contributed by atoms with Gasteiger partial charge in [0.25, 0.3) is 0 Å². The Morgan fingerprint density at radius 3 is 2.50 bits per heavy atom. The van der Waals surface area contributed by atoms with Crippen LogP contribution >= 0.6 is 0 Å². The molecule has 2 nitrogen and oxygen atoms in total. The minimum atomic E-state index is -4.45. The summed E-state index contributed by atoms with van der Waals surface area (Å²) in [6.07, 6.45) is -2.77. The van der Waals surface area contributed by atoms with Crippen LogP contribution in [0.4, 0.5) is 13.2 Å². The van der Waals surface area contributed by atoms with Crippen molar-refractivity contribution in [3.8, 4) is 0 Å². The number of halogens is 3. The van der Waals surface area contributed by atoms with Crippen LogP contribution in [0, 0.1) is 5.92 Å². The summed E-state index contributed by atoms with van der Waals surface area (Å²) >= 11 is 0. The molecule has 0 bridgehead atoms. The van der Waals surface area contributed by atoms with Gasteiger partial charge in [-0.25, -0.2) is 9.97 Å². The molecule has 5 heteroatoms. The molecule has 1 rings (SSSR count). The minimum absolute atomic E-state index is 0.283. The van der Waals surface area contributed by atoms with Crippen LogP contribution in [0.2, 0.25) is 0 Å². The summed E-state index contributed by atoms with van der Waals surface area (Å²) in [6, 6.07) is 1.51. The molecular formula is C9H11F3N2. The molecule has 0 saturated heterocycles. The first-order chi connectivity index (χ1) is 6.39. The Kier molecular flexibility index (Phi) is 3.08. The predicted molar refractivity (Wildman–Crippen MR) is 45.6 cm³/mol. The van der Waals surface area contributed by atoms with Crippen molar-refractivity contribution in [1.82, 2.24) is 9.97 Å². The van der Waals surface area contributed by atoms with Gasteiger partial charge in [-0.15, -0.1) is 0 Å². The van der Waals surface area contributed by atoms with E-state index in [2.05, 4.69) is 9.97 Å². The molecule has 1 aromatic heterocycles. The zero-order chi connectivity index (χ0) is 10.8. The highest BCUT2D eigenvalue weighted by atomic mass is 19.4. The molecule has 0 spiro atoms. The molecule has 1 aromatic rings. The monoisotopic (exact) mass is 204 g/mol. The van der Waals surface area contributed by atoms with E-state index in [1.165, 1.54) is 6.07 Å². The molecule has 0 aliphatic heterocycles. The van der Waals surface area contributed by atoms with Crippen molar-refractivity contribution in [2.45, 2.75) is 26.4 Å². The van der Waals surface area contributed by atoms with Gasteiger partial charge in [0.15, 0.2) is 0 Å². The summed E-state index contributed by atoms with van der Waals surface area (Å²) in [5, 5.41) is 0. The van der Waals surface area contributed by atoms with Gasteiger partial charge < -0.3 is 0 Å². The number of nitrogens with zero attached hydrogens (tertiary/aromatic N) is 2. The summed E-state index contributed by atoms with van der Waals surface area (Å²) in [5.41, 5.74) is 0.433. The van der Waals surface area contributed by atoms with Crippen LogP contribution in [0.25, 0.3) is 0 Å². The quantitative estimate of drug-likeness (QED) is 0.740. The molecular weight excluding hydrogens is 193 g/mol. The van der Waals surface area contributed by atoms with E-state index in [9.17, 15) is 13.2 Å². The Morgan fingerprint density at radius 2 is 2.00 bits per heavy atom. The molecule has 0 aliphatic carbocycles. The second-order valence-electron chi connectivity index (χ2n) is 3.47. The normalized spacial score (nSPS) is 12.1. The van der Waals surface area contributed by atoms with Gasteiger partial charge in [0.05, 0.1) is 0 Å². The molecule has 0 atom stereocenters. The van der Waals surface area contributed by atoms with Gasteiger partial charge in [-0.05, 0) is 18.4 Å². The zero-order valence-corrected chi connectivity index (χ0v) is 7.97. The molecule has 0 aliphatic rings. The molecule has 0 N–H and O–H groups in total. The molecule has 0 aromatic carbocycles. The lowest BCUT2D eigenvalue weighted by Gasteiger charge is -2.07. The predicted octanol–water partition coefficient (Wildman–Crippen LogP) is 2.69. The summed E-state index contributed by atoms with van der Waals surface area (Å²) < 4.78 is 36.5. The summed E-state index contributed by atoms with van der Waals surface area (Å²) in [7, 11) is 0. The highest BCUT2D eigenvalue weighted by Crippen LogP contribution is 2.25. The van der Waals surface area contributed by atoms with E-state index in [1.807, 2.05) is 13.8 Å². The number of hydrogen-bond acceptors (Lipinski definition) is 2. The molecule has 1 heterocycles. The van der Waals surface area contributed by atoms with Crippen molar-refractivity contribution in [2.75, 3.05) is 0 Å². The standard InChI is InChI=1S/C9H11F3N2/c1-6(2)5-7-3-4-13-8(14-7)9(10,11)12/h3-4,6H,5H2,1-2H3. The smallest absolute Gasteiger partial charge is 0.233 e. The molecule has 0 amide bonds. The number of rotatable bonds is 2. The Bertz CT molecular complexity index is 307. The van der Waals surface area contributed by atoms with Crippen LogP contribution in [0.5, 0.6) is 0 Å². The molecule has 14 heavy (non-hydrogen) atoms. The first kappa shape index (κ1) is 10.9. The Labute approximate surface area is 80.2 Å². The van der Waals surface area contributed by atoms with Gasteiger partial charge in [-0.2, -0.15) is 13.2 Å². The average Bonchev–Trinajstić information content (AvgIpc) is 2.01. The Morgan fingerprint density at radius 1 is 1.36 bits per heavy atom. The van der Waals surface area contributed by atoms with E-state index in [0.29, 0.717) is 12.1 Å². The highest BCUT2D eigenvalue weighted by molar-refractivity contribution is 5.04. The lowest BCUT2D eigenvalue weighted by molar-refractivity contribution is -0.145. The maximum Gasteiger partial charge on any atom is 0.451 e. The summed E-state index contributed by atoms with van der Waals surface area (Å²) in [6.45, 7) is 3.85. The van der Waals surface area contributed by atoms with Crippen molar-refractivity contribution >= 4 is 0 Å². The Balaban J connectivity index is 2.90. The lowest BCUT2D eigenvalue weighted by atomic mass is 10.1. The number of alkyl halides is 3. The van der Waals surface area contributed by atoms with Crippen LogP contribution < -0.4 is 0 Å². The molecule has 0 radical (unpaired) electrons. The van der Waals surface area contributed by atoms with Crippen molar-refractivity contribution < 1.29 is 13.2 Å². The Hall–Kier alpha value is -1.13. The number of hydrogen-bond donors (Lipinski definition) is 0. The lowest BCUT2D eigenvalue weighted by Crippen LogP contribution is -2.12. The fraction of sp³-hybridized carbons (Fsp3) is 0.556. The second-order valence-corrected chi connectivity index (χ2v) is 3.47. The van der Waals surface area contributed by atoms with E-state index >= 15 is 0 Å². The fourth-order valence-electron chi connectivity index (χ4n) is 1.06. The molecule has 0 saturated carbocycles. The summed E-state index contributed by atoms with van der Waals surface area (Å²) in [5.74, 6) is -0.776. The third kappa shape index (κ3) is 2.97. The molecule has 0 fully saturated rings. The van der Waals surface area contributed by atoms with Gasteiger partial charge in [0.1, 0.15) is 0 Å². The third-order valence-electron chi connectivity index (χ3n) is 1.58. The van der Waals surface area contributed by atoms with Crippen molar-refractivity contribution in [3.63, 3.8) is 0 Å². The van der Waals surface area contributed by atoms with Gasteiger partial charge in [0.2, 0.25) is 5.82 Å². The van der Waals surface area contributed by atoms with Gasteiger partial charge in [0, 0.05) is 11.9 Å². The van der Waals surface area contributed by atoms with Crippen LogP contribution in [0.1, 0.15) is 25.4 Å². The van der Waals surface area contributed by atoms with Crippen LogP contribution in [0.3, 0.4) is 0 Å². The first-order valence-corrected chi connectivity index (χ1v) is 4.28. The second kappa shape index (κ2) is 3.94. The first-order valence-electron chi connectivity index (χ1n) is 4.28. The molecule has 0 unspecified atom stereocenters. The fourth-order valence-corrected chi connectivity index (χ4v) is 1.06. The minimum Gasteiger partial charge on any atom is -0.233 e. The van der Waals surface area contributed by atoms with Gasteiger partial charge in [-0.3, -0.25) is 0 Å². The number of aromatic nitrogens is 2. The zero-order valence-electron chi connectivity index (χ0n) is 7.97. The van der Waals surface area contributed by atoms with E-state index in [0.717, 1.165) is 6.20 Å². The molecule has 78 valence electrons. The van der Waals surface area contributed by atoms with Crippen molar-refractivity contribution in [1.29, 1.82) is 0 Å². The SMILES string of the molecule is CC(C)Cc1ccnc(C(F)(F)F)n1. The van der Waals surface area contributed by atoms with E-state index in [1.54, 1.807) is 0 Å². The van der Waals surface area contributed by atoms with E-state index in [-0.39, 0.29) is 5.92 Å². The van der Waals surface area contributed by atoms with Crippen molar-refractivity contribution in [3.05, 3.63) is 23.8 Å². The van der Waals surface area contributed by atoms with E-state index < -0.39 is 12.0 Å². The maximum absolute atomic E-state index is 12.2. The summed E-state index contributed by atoms with van der Waals surface area (Å²) in [4.78, 5) is 6.63. The van der Waals surface area contributed by atoms with Crippen LogP contribution in [-0.4, -0.2) is 9.97 Å². The van der Waals surface area contributed by atoms with E-state index in [4.69, 9.17) is 0 Å². The van der Waals surface area contributed by atoms with Crippen LogP contribution in [-0.2, 0) is 12.6 Å². The topological polar surface area (TPSA) is 25.8 Å². The highest BCUT2D eigenvalue weighted by Gasteiger charge is 2.34. The maximum atomic E-state index is 12.2. The van der Waals surface area contributed by atoms with Crippen molar-refractivity contribution in [2.24, 2.45) is 5.92 Å². The van der Waals surface area contributed by atoms with Gasteiger partial charge in [-0.1, -0.05) is 13.8 Å². The van der Waals surface area contributed by atoms with Crippen LogP contribution in [0.15, 0.2) is 12.3 Å². The largest absolute Gasteiger partial charge is 0.451 e. The third-order valence-corrected chi connectivity index (χ3v) is 1.58. The van der Waals surface area contributed by atoms with Gasteiger partial charge >= 0.3 is 6.18 Å². The average molecular weight is 204 g/mol.